The molecule has 0 aromatic heterocycles. The smallest absolute Gasteiger partial charge is 0.315 e. The molecule has 0 saturated carbocycles. The molecule has 5 heteroatoms. The van der Waals surface area contributed by atoms with Crippen LogP contribution in [0.5, 0.6) is 5.75 Å². The van der Waals surface area contributed by atoms with Crippen LogP contribution in [0.4, 0.5) is 5.69 Å². The van der Waals surface area contributed by atoms with Crippen LogP contribution in [0, 0.1) is 0 Å². The number of thioether (sulfide) groups is 1. The van der Waals surface area contributed by atoms with Crippen LogP contribution in [0.25, 0.3) is 0 Å². The number of nitrogen functional groups attached to an aromatic ring is 1. The summed E-state index contributed by atoms with van der Waals surface area (Å²) in [6.45, 7) is 2.70. The first-order valence-electron chi connectivity index (χ1n) is 5.38. The Morgan fingerprint density at radius 2 is 2.18 bits per heavy atom. The average Bonchev–Trinajstić information content (AvgIpc) is 2.32. The highest BCUT2D eigenvalue weighted by atomic mass is 32.2. The van der Waals surface area contributed by atoms with E-state index >= 15 is 0 Å². The lowest BCUT2D eigenvalue weighted by Gasteiger charge is -2.08. The van der Waals surface area contributed by atoms with E-state index in [1.165, 1.54) is 18.9 Å². The molecule has 0 fully saturated rings. The Kier molecular flexibility index (Phi) is 5.69. The second kappa shape index (κ2) is 7.06. The molecule has 1 aromatic rings. The van der Waals surface area contributed by atoms with Crippen molar-refractivity contribution in [2.45, 2.75) is 18.2 Å². The average molecular weight is 255 g/mol. The van der Waals surface area contributed by atoms with E-state index in [9.17, 15) is 4.79 Å². The molecular weight excluding hydrogens is 238 g/mol. The molecule has 0 bridgehead atoms. The fourth-order valence-corrected chi connectivity index (χ4v) is 2.00. The second-order valence-corrected chi connectivity index (χ2v) is 4.50. The lowest BCUT2D eigenvalue weighted by molar-refractivity contribution is -0.137. The van der Waals surface area contributed by atoms with Crippen molar-refractivity contribution in [1.29, 1.82) is 0 Å². The second-order valence-electron chi connectivity index (χ2n) is 3.45. The minimum Gasteiger partial charge on any atom is -0.493 e. The molecule has 0 spiro atoms. The van der Waals surface area contributed by atoms with Gasteiger partial charge in [-0.15, -0.1) is 11.8 Å². The molecule has 0 atom stereocenters. The van der Waals surface area contributed by atoms with Crippen LogP contribution in [0.2, 0.25) is 0 Å². The van der Waals surface area contributed by atoms with Gasteiger partial charge in [0, 0.05) is 16.6 Å². The number of rotatable bonds is 6. The predicted octanol–water partition coefficient (Wildman–Crippen LogP) is 2.32. The maximum absolute atomic E-state index is 11.0. The third kappa shape index (κ3) is 4.99. The van der Waals surface area contributed by atoms with Gasteiger partial charge in [0.05, 0.1) is 19.5 Å². The van der Waals surface area contributed by atoms with Crippen LogP contribution in [0.1, 0.15) is 13.3 Å². The molecule has 0 unspecified atom stereocenters. The summed E-state index contributed by atoms with van der Waals surface area (Å²) < 4.78 is 10.1. The Labute approximate surface area is 105 Å². The molecule has 4 nitrogen and oxygen atoms in total. The van der Waals surface area contributed by atoms with Gasteiger partial charge in [-0.2, -0.15) is 0 Å². The summed E-state index contributed by atoms with van der Waals surface area (Å²) in [6, 6.07) is 5.46. The van der Waals surface area contributed by atoms with Crippen molar-refractivity contribution < 1.29 is 14.3 Å². The van der Waals surface area contributed by atoms with Gasteiger partial charge in [0.2, 0.25) is 0 Å². The summed E-state index contributed by atoms with van der Waals surface area (Å²) >= 11 is 1.38. The van der Waals surface area contributed by atoms with Crippen LogP contribution in [0.3, 0.4) is 0 Å². The van der Waals surface area contributed by atoms with Crippen molar-refractivity contribution in [3.8, 4) is 5.75 Å². The normalized spacial score (nSPS) is 10.0. The number of esters is 1. The Balaban J connectivity index is 2.65. The number of methoxy groups -OCH3 is 1. The zero-order chi connectivity index (χ0) is 12.7. The lowest BCUT2D eigenvalue weighted by atomic mass is 10.3. The van der Waals surface area contributed by atoms with E-state index in [4.69, 9.17) is 10.5 Å². The highest BCUT2D eigenvalue weighted by molar-refractivity contribution is 8.00. The molecule has 0 aliphatic carbocycles. The van der Waals surface area contributed by atoms with Crippen molar-refractivity contribution >= 4 is 23.4 Å². The van der Waals surface area contributed by atoms with Crippen molar-refractivity contribution in [2.24, 2.45) is 0 Å². The van der Waals surface area contributed by atoms with Crippen molar-refractivity contribution in [3.63, 3.8) is 0 Å². The molecule has 2 N–H and O–H groups in total. The van der Waals surface area contributed by atoms with E-state index in [1.807, 2.05) is 19.1 Å². The van der Waals surface area contributed by atoms with E-state index in [2.05, 4.69) is 4.74 Å². The summed E-state index contributed by atoms with van der Waals surface area (Å²) in [5, 5.41) is 0. The molecule has 0 saturated heterocycles. The fraction of sp³-hybridized carbons (Fsp3) is 0.417. The first kappa shape index (κ1) is 13.7. The van der Waals surface area contributed by atoms with Gasteiger partial charge in [-0.05, 0) is 18.6 Å². The first-order valence-corrected chi connectivity index (χ1v) is 6.37. The van der Waals surface area contributed by atoms with Gasteiger partial charge in [0.25, 0.3) is 0 Å². The Morgan fingerprint density at radius 3 is 2.82 bits per heavy atom. The van der Waals surface area contributed by atoms with Crippen molar-refractivity contribution in [3.05, 3.63) is 18.2 Å². The molecule has 0 amide bonds. The highest BCUT2D eigenvalue weighted by Gasteiger charge is 2.05. The van der Waals surface area contributed by atoms with E-state index < -0.39 is 0 Å². The number of carbonyl (C=O) groups excluding carboxylic acids is 1. The Morgan fingerprint density at radius 1 is 1.41 bits per heavy atom. The SMILES string of the molecule is CCCOc1cc(N)cc(SCC(=O)OC)c1. The summed E-state index contributed by atoms with van der Waals surface area (Å²) in [5.74, 6) is 0.750. The van der Waals surface area contributed by atoms with Crippen LogP contribution in [-0.4, -0.2) is 25.4 Å². The maximum atomic E-state index is 11.0. The largest absolute Gasteiger partial charge is 0.493 e. The van der Waals surface area contributed by atoms with Gasteiger partial charge >= 0.3 is 5.97 Å². The minimum absolute atomic E-state index is 0.256. The molecular formula is C12H17NO3S. The van der Waals surface area contributed by atoms with Crippen LogP contribution in [0.15, 0.2) is 23.1 Å². The fourth-order valence-electron chi connectivity index (χ4n) is 1.18. The molecule has 1 rings (SSSR count). The molecule has 94 valence electrons. The number of carbonyl (C=O) groups is 1. The minimum atomic E-state index is -0.256. The molecule has 1 aromatic carbocycles. The van der Waals surface area contributed by atoms with Crippen LogP contribution < -0.4 is 10.5 Å². The number of benzene rings is 1. The Hall–Kier alpha value is -1.36. The third-order valence-corrected chi connectivity index (χ3v) is 2.91. The van der Waals surface area contributed by atoms with E-state index in [0.717, 1.165) is 17.1 Å². The predicted molar refractivity (Wildman–Crippen MR) is 69.4 cm³/mol. The van der Waals surface area contributed by atoms with Crippen LogP contribution >= 0.6 is 11.8 Å². The van der Waals surface area contributed by atoms with Gasteiger partial charge in [0.15, 0.2) is 0 Å². The van der Waals surface area contributed by atoms with Gasteiger partial charge in [-0.3, -0.25) is 4.79 Å². The summed E-state index contributed by atoms with van der Waals surface area (Å²) in [4.78, 5) is 11.9. The Bertz CT molecular complexity index is 382. The standard InChI is InChI=1S/C12H17NO3S/c1-3-4-16-10-5-9(13)6-11(7-10)17-8-12(14)15-2/h5-7H,3-4,8,13H2,1-2H3. The zero-order valence-electron chi connectivity index (χ0n) is 10.1. The quantitative estimate of drug-likeness (QED) is 0.480. The zero-order valence-corrected chi connectivity index (χ0v) is 10.9. The molecule has 17 heavy (non-hydrogen) atoms. The topological polar surface area (TPSA) is 61.5 Å². The summed E-state index contributed by atoms with van der Waals surface area (Å²) in [5.41, 5.74) is 6.39. The lowest BCUT2D eigenvalue weighted by Crippen LogP contribution is -2.03. The highest BCUT2D eigenvalue weighted by Crippen LogP contribution is 2.26. The van der Waals surface area contributed by atoms with Gasteiger partial charge in [0.1, 0.15) is 5.75 Å². The van der Waals surface area contributed by atoms with Crippen molar-refractivity contribution in [2.75, 3.05) is 25.2 Å². The number of hydrogen-bond acceptors (Lipinski definition) is 5. The molecule has 0 radical (unpaired) electrons. The molecule has 0 heterocycles. The first-order chi connectivity index (χ1) is 8.15. The third-order valence-electron chi connectivity index (χ3n) is 1.96. The van der Waals surface area contributed by atoms with E-state index in [1.54, 1.807) is 6.07 Å². The van der Waals surface area contributed by atoms with Crippen LogP contribution in [-0.2, 0) is 9.53 Å². The molecule has 0 aliphatic rings. The maximum Gasteiger partial charge on any atom is 0.315 e. The van der Waals surface area contributed by atoms with E-state index in [-0.39, 0.29) is 11.7 Å². The van der Waals surface area contributed by atoms with Crippen molar-refractivity contribution in [1.82, 2.24) is 0 Å². The number of nitrogens with two attached hydrogens (primary N) is 1. The number of ether oxygens (including phenoxy) is 2. The monoisotopic (exact) mass is 255 g/mol. The van der Waals surface area contributed by atoms with Gasteiger partial charge < -0.3 is 15.2 Å². The summed E-state index contributed by atoms with van der Waals surface area (Å²) in [6.07, 6.45) is 0.944. The number of anilines is 1. The summed E-state index contributed by atoms with van der Waals surface area (Å²) in [7, 11) is 1.37. The van der Waals surface area contributed by atoms with Gasteiger partial charge in [-0.25, -0.2) is 0 Å². The molecule has 0 aliphatic heterocycles. The van der Waals surface area contributed by atoms with Gasteiger partial charge in [-0.1, -0.05) is 6.92 Å². The van der Waals surface area contributed by atoms with E-state index in [0.29, 0.717) is 12.3 Å². The number of hydrogen-bond donors (Lipinski definition) is 1.